The molecule has 7 heteroatoms. The maximum absolute atomic E-state index is 12.6. The molecule has 4 amide bonds. The first kappa shape index (κ1) is 16.5. The molecule has 0 bridgehead atoms. The second-order valence-corrected chi connectivity index (χ2v) is 5.54. The van der Waals surface area contributed by atoms with E-state index in [2.05, 4.69) is 5.32 Å². The van der Waals surface area contributed by atoms with E-state index in [0.29, 0.717) is 5.56 Å². The maximum Gasteiger partial charge on any atom is 0.325 e. The summed E-state index contributed by atoms with van der Waals surface area (Å²) in [5.74, 6) is -0.850. The highest BCUT2D eigenvalue weighted by molar-refractivity contribution is 6.09. The van der Waals surface area contributed by atoms with Crippen LogP contribution in [0.2, 0.25) is 0 Å². The topological polar surface area (TPSA) is 93.5 Å². The highest BCUT2D eigenvalue weighted by Gasteiger charge is 2.49. The molecule has 1 aromatic carbocycles. The lowest BCUT2D eigenvalue weighted by Crippen LogP contribution is -2.43. The van der Waals surface area contributed by atoms with Gasteiger partial charge in [0, 0.05) is 13.6 Å². The molecule has 1 aliphatic heterocycles. The van der Waals surface area contributed by atoms with E-state index in [4.69, 9.17) is 5.26 Å². The molecule has 0 aromatic heterocycles. The first-order valence-electron chi connectivity index (χ1n) is 7.20. The molecule has 0 radical (unpaired) electrons. The van der Waals surface area contributed by atoms with Crippen molar-refractivity contribution in [1.29, 1.82) is 5.26 Å². The third kappa shape index (κ3) is 3.16. The minimum atomic E-state index is -1.18. The minimum Gasteiger partial charge on any atom is -0.343 e. The number of nitrogens with zero attached hydrogens (tertiary/aromatic N) is 3. The average Bonchev–Trinajstić information content (AvgIpc) is 2.77. The van der Waals surface area contributed by atoms with Gasteiger partial charge in [-0.1, -0.05) is 30.3 Å². The van der Waals surface area contributed by atoms with Gasteiger partial charge in [0.2, 0.25) is 5.91 Å². The number of benzene rings is 1. The highest BCUT2D eigenvalue weighted by atomic mass is 16.2. The fourth-order valence-electron chi connectivity index (χ4n) is 2.41. The van der Waals surface area contributed by atoms with Crippen molar-refractivity contribution >= 4 is 17.8 Å². The zero-order chi connectivity index (χ0) is 17.0. The van der Waals surface area contributed by atoms with Crippen molar-refractivity contribution < 1.29 is 14.4 Å². The summed E-state index contributed by atoms with van der Waals surface area (Å²) in [6, 6.07) is 10.2. The standard InChI is InChI=1S/C16H18N4O3/c1-16(12-7-4-3-5-8-12)14(22)20(15(23)18-16)11-13(21)19(2)10-6-9-17/h3-5,7-8H,6,10-11H2,1-2H3,(H,18,23). The third-order valence-corrected chi connectivity index (χ3v) is 3.90. The molecule has 1 N–H and O–H groups in total. The van der Waals surface area contributed by atoms with Crippen LogP contribution in [-0.4, -0.2) is 47.8 Å². The lowest BCUT2D eigenvalue weighted by atomic mass is 9.92. The van der Waals surface area contributed by atoms with E-state index in [1.807, 2.05) is 12.1 Å². The van der Waals surface area contributed by atoms with Crippen LogP contribution < -0.4 is 5.32 Å². The summed E-state index contributed by atoms with van der Waals surface area (Å²) >= 11 is 0. The second-order valence-electron chi connectivity index (χ2n) is 5.54. The summed E-state index contributed by atoms with van der Waals surface area (Å²) in [5, 5.41) is 11.2. The van der Waals surface area contributed by atoms with E-state index in [1.165, 1.54) is 11.9 Å². The van der Waals surface area contributed by atoms with Crippen LogP contribution >= 0.6 is 0 Å². The normalized spacial score (nSPS) is 20.1. The first-order chi connectivity index (χ1) is 10.9. The predicted molar refractivity (Wildman–Crippen MR) is 81.9 cm³/mol. The van der Waals surface area contributed by atoms with Gasteiger partial charge < -0.3 is 10.2 Å². The Bertz CT molecular complexity index is 668. The Labute approximate surface area is 134 Å². The molecule has 1 saturated heterocycles. The summed E-state index contributed by atoms with van der Waals surface area (Å²) in [6.07, 6.45) is 0.199. The van der Waals surface area contributed by atoms with Gasteiger partial charge in [0.15, 0.2) is 0 Å². The van der Waals surface area contributed by atoms with Crippen LogP contribution in [0.15, 0.2) is 30.3 Å². The molecule has 23 heavy (non-hydrogen) atoms. The van der Waals surface area contributed by atoms with Crippen LogP contribution in [0.4, 0.5) is 4.79 Å². The van der Waals surface area contributed by atoms with E-state index in [-0.39, 0.29) is 25.4 Å². The van der Waals surface area contributed by atoms with Gasteiger partial charge in [0.05, 0.1) is 12.5 Å². The Morgan fingerprint density at radius 1 is 1.35 bits per heavy atom. The molecule has 0 spiro atoms. The van der Waals surface area contributed by atoms with Gasteiger partial charge in [-0.25, -0.2) is 4.79 Å². The van der Waals surface area contributed by atoms with Crippen LogP contribution in [0.25, 0.3) is 0 Å². The SMILES string of the molecule is CN(CCC#N)C(=O)CN1C(=O)NC(C)(c2ccccc2)C1=O. The van der Waals surface area contributed by atoms with Crippen molar-refractivity contribution in [3.05, 3.63) is 35.9 Å². The Hall–Kier alpha value is -2.88. The molecule has 1 aliphatic rings. The van der Waals surface area contributed by atoms with Crippen molar-refractivity contribution in [3.8, 4) is 6.07 Å². The van der Waals surface area contributed by atoms with Gasteiger partial charge in [-0.2, -0.15) is 5.26 Å². The summed E-state index contributed by atoms with van der Waals surface area (Å²) in [6.45, 7) is 1.54. The van der Waals surface area contributed by atoms with E-state index in [1.54, 1.807) is 31.2 Å². The van der Waals surface area contributed by atoms with Crippen molar-refractivity contribution in [2.75, 3.05) is 20.1 Å². The zero-order valence-electron chi connectivity index (χ0n) is 13.1. The van der Waals surface area contributed by atoms with Gasteiger partial charge in [-0.15, -0.1) is 0 Å². The van der Waals surface area contributed by atoms with E-state index in [9.17, 15) is 14.4 Å². The molecule has 1 aromatic rings. The average molecular weight is 314 g/mol. The molecule has 7 nitrogen and oxygen atoms in total. The molecule has 0 saturated carbocycles. The van der Waals surface area contributed by atoms with Gasteiger partial charge >= 0.3 is 6.03 Å². The molecule has 1 heterocycles. The first-order valence-corrected chi connectivity index (χ1v) is 7.20. The van der Waals surface area contributed by atoms with Crippen molar-refractivity contribution in [2.24, 2.45) is 0 Å². The molecule has 1 atom stereocenters. The van der Waals surface area contributed by atoms with Crippen LogP contribution in [0, 0.1) is 11.3 Å². The van der Waals surface area contributed by atoms with Crippen molar-refractivity contribution in [2.45, 2.75) is 18.9 Å². The predicted octanol–water partition coefficient (Wildman–Crippen LogP) is 0.826. The molecule has 2 rings (SSSR count). The van der Waals surface area contributed by atoms with Crippen LogP contribution in [0.5, 0.6) is 0 Å². The Morgan fingerprint density at radius 2 is 2.00 bits per heavy atom. The third-order valence-electron chi connectivity index (χ3n) is 3.90. The fraction of sp³-hybridized carbons (Fsp3) is 0.375. The Morgan fingerprint density at radius 3 is 2.61 bits per heavy atom. The van der Waals surface area contributed by atoms with E-state index in [0.717, 1.165) is 4.90 Å². The van der Waals surface area contributed by atoms with Crippen molar-refractivity contribution in [3.63, 3.8) is 0 Å². The van der Waals surface area contributed by atoms with Crippen LogP contribution in [-0.2, 0) is 15.1 Å². The number of urea groups is 1. The lowest BCUT2D eigenvalue weighted by molar-refractivity contribution is -0.138. The number of likely N-dealkylation sites (N-methyl/N-ethyl adjacent to an activating group) is 1. The largest absolute Gasteiger partial charge is 0.343 e. The molecular weight excluding hydrogens is 296 g/mol. The van der Waals surface area contributed by atoms with E-state index < -0.39 is 17.5 Å². The highest BCUT2D eigenvalue weighted by Crippen LogP contribution is 2.28. The molecular formula is C16H18N4O3. The molecule has 1 fully saturated rings. The summed E-state index contributed by atoms with van der Waals surface area (Å²) in [5.41, 5.74) is -0.518. The number of amides is 4. The number of hydrogen-bond donors (Lipinski definition) is 1. The molecule has 0 aliphatic carbocycles. The fourth-order valence-corrected chi connectivity index (χ4v) is 2.41. The number of nitrogens with one attached hydrogen (secondary N) is 1. The van der Waals surface area contributed by atoms with Gasteiger partial charge in [0.1, 0.15) is 12.1 Å². The Balaban J connectivity index is 2.13. The second kappa shape index (κ2) is 6.48. The molecule has 120 valence electrons. The quantitative estimate of drug-likeness (QED) is 0.814. The van der Waals surface area contributed by atoms with Crippen LogP contribution in [0.3, 0.4) is 0 Å². The number of rotatable bonds is 5. The number of imide groups is 1. The summed E-state index contributed by atoms with van der Waals surface area (Å²) in [7, 11) is 1.54. The summed E-state index contributed by atoms with van der Waals surface area (Å²) in [4.78, 5) is 39.1. The number of carbonyl (C=O) groups is 3. The maximum atomic E-state index is 12.6. The van der Waals surface area contributed by atoms with Gasteiger partial charge in [-0.3, -0.25) is 14.5 Å². The van der Waals surface area contributed by atoms with Gasteiger partial charge in [-0.05, 0) is 12.5 Å². The van der Waals surface area contributed by atoms with Crippen LogP contribution in [0.1, 0.15) is 18.9 Å². The number of carbonyl (C=O) groups excluding carboxylic acids is 3. The number of hydrogen-bond acceptors (Lipinski definition) is 4. The van der Waals surface area contributed by atoms with Crippen molar-refractivity contribution in [1.82, 2.24) is 15.1 Å². The minimum absolute atomic E-state index is 0.199. The number of nitriles is 1. The zero-order valence-corrected chi connectivity index (χ0v) is 13.1. The smallest absolute Gasteiger partial charge is 0.325 e. The van der Waals surface area contributed by atoms with E-state index >= 15 is 0 Å². The monoisotopic (exact) mass is 314 g/mol. The molecule has 1 unspecified atom stereocenters. The summed E-state index contributed by atoms with van der Waals surface area (Å²) < 4.78 is 0. The Kier molecular flexibility index (Phi) is 4.65. The van der Waals surface area contributed by atoms with Gasteiger partial charge in [0.25, 0.3) is 5.91 Å². The lowest BCUT2D eigenvalue weighted by Gasteiger charge is -2.23.